The fourth-order valence-corrected chi connectivity index (χ4v) is 3.44. The maximum absolute atomic E-state index is 13.3. The Bertz CT molecular complexity index is 1090. The summed E-state index contributed by atoms with van der Waals surface area (Å²) in [6, 6.07) is 22.3. The lowest BCUT2D eigenvalue weighted by Gasteiger charge is -2.30. The van der Waals surface area contributed by atoms with Crippen LogP contribution >= 0.6 is 11.6 Å². The van der Waals surface area contributed by atoms with Crippen molar-refractivity contribution in [3.05, 3.63) is 95.0 Å². The summed E-state index contributed by atoms with van der Waals surface area (Å²) >= 11 is 6.28. The normalized spacial score (nSPS) is 11.1. The molecule has 0 aliphatic heterocycles. The molecular weight excluding hydrogens is 412 g/mol. The number of terminal acetylenes is 1. The topological polar surface area (TPSA) is 58.6 Å². The first-order valence-corrected chi connectivity index (χ1v) is 9.93. The van der Waals surface area contributed by atoms with Crippen molar-refractivity contribution in [2.75, 3.05) is 12.0 Å². The van der Waals surface area contributed by atoms with Gasteiger partial charge >= 0.3 is 5.91 Å². The number of methoxy groups -OCH3 is 1. The number of nitrogens with zero attached hydrogens (tertiary/aromatic N) is 1. The molecule has 1 N–H and O–H groups in total. The number of carbonyl (C=O) groups excluding carboxylic acids is 2. The molecule has 3 aromatic carbocycles. The highest BCUT2D eigenvalue weighted by Crippen LogP contribution is 2.34. The summed E-state index contributed by atoms with van der Waals surface area (Å²) in [5.41, 5.74) is 1.94. The highest BCUT2D eigenvalue weighted by molar-refractivity contribution is 6.32. The van der Waals surface area contributed by atoms with Crippen molar-refractivity contribution in [1.82, 2.24) is 5.32 Å². The number of carbonyl (C=O) groups is 2. The Balaban J connectivity index is 2.02. The number of hydrogen-bond acceptors (Lipinski definition) is 3. The molecular formula is C25H21ClN2O3. The molecule has 0 saturated carbocycles. The van der Waals surface area contributed by atoms with Gasteiger partial charge in [0.2, 0.25) is 5.91 Å². The van der Waals surface area contributed by atoms with Crippen LogP contribution in [0.15, 0.2) is 78.9 Å². The Hall–Kier alpha value is -3.75. The molecule has 3 rings (SSSR count). The van der Waals surface area contributed by atoms with Crippen LogP contribution < -0.4 is 15.0 Å². The van der Waals surface area contributed by atoms with Crippen molar-refractivity contribution in [2.24, 2.45) is 0 Å². The SMILES string of the molecule is C#CC(=O)N(c1ccc(OC)c(Cl)c1)C(C(=O)NCc1ccccc1)c1ccccc1. The van der Waals surface area contributed by atoms with Crippen LogP contribution in [0.25, 0.3) is 0 Å². The van der Waals surface area contributed by atoms with Crippen LogP contribution in [-0.2, 0) is 16.1 Å². The quantitative estimate of drug-likeness (QED) is 0.564. The van der Waals surface area contributed by atoms with Gasteiger partial charge in [-0.2, -0.15) is 0 Å². The number of halogens is 1. The molecule has 0 aromatic heterocycles. The molecule has 0 aliphatic rings. The maximum Gasteiger partial charge on any atom is 0.303 e. The third-order valence-corrected chi connectivity index (χ3v) is 4.98. The second kappa shape index (κ2) is 10.3. The van der Waals surface area contributed by atoms with E-state index in [1.165, 1.54) is 12.0 Å². The van der Waals surface area contributed by atoms with E-state index in [9.17, 15) is 9.59 Å². The van der Waals surface area contributed by atoms with Gasteiger partial charge in [0.1, 0.15) is 11.8 Å². The van der Waals surface area contributed by atoms with Gasteiger partial charge < -0.3 is 10.1 Å². The molecule has 0 aliphatic carbocycles. The van der Waals surface area contributed by atoms with E-state index < -0.39 is 11.9 Å². The van der Waals surface area contributed by atoms with Gasteiger partial charge in [-0.3, -0.25) is 14.5 Å². The molecule has 0 bridgehead atoms. The van der Waals surface area contributed by atoms with Crippen LogP contribution in [0, 0.1) is 12.3 Å². The third kappa shape index (κ3) is 5.25. The molecule has 31 heavy (non-hydrogen) atoms. The van der Waals surface area contributed by atoms with Gasteiger partial charge in [0.15, 0.2) is 0 Å². The highest BCUT2D eigenvalue weighted by Gasteiger charge is 2.32. The van der Waals surface area contributed by atoms with E-state index in [1.807, 2.05) is 36.4 Å². The fourth-order valence-electron chi connectivity index (χ4n) is 3.19. The van der Waals surface area contributed by atoms with E-state index in [1.54, 1.807) is 42.5 Å². The summed E-state index contributed by atoms with van der Waals surface area (Å²) < 4.78 is 5.19. The van der Waals surface area contributed by atoms with Gasteiger partial charge in [-0.15, -0.1) is 6.42 Å². The minimum absolute atomic E-state index is 0.298. The molecule has 1 atom stereocenters. The van der Waals surface area contributed by atoms with Crippen LogP contribution in [0.3, 0.4) is 0 Å². The Morgan fingerprint density at radius 3 is 2.29 bits per heavy atom. The van der Waals surface area contributed by atoms with Crippen LogP contribution in [0.4, 0.5) is 5.69 Å². The van der Waals surface area contributed by atoms with Crippen molar-refractivity contribution in [2.45, 2.75) is 12.6 Å². The molecule has 6 heteroatoms. The molecule has 0 fully saturated rings. The van der Waals surface area contributed by atoms with Gasteiger partial charge in [0, 0.05) is 12.2 Å². The zero-order valence-corrected chi connectivity index (χ0v) is 17.7. The number of amides is 2. The zero-order chi connectivity index (χ0) is 22.2. The number of hydrogen-bond donors (Lipinski definition) is 1. The van der Waals surface area contributed by atoms with Gasteiger partial charge in [-0.25, -0.2) is 0 Å². The van der Waals surface area contributed by atoms with Crippen LogP contribution in [0.2, 0.25) is 5.02 Å². The molecule has 3 aromatic rings. The summed E-state index contributed by atoms with van der Waals surface area (Å²) in [6.07, 6.45) is 5.45. The fraction of sp³-hybridized carbons (Fsp3) is 0.120. The van der Waals surface area contributed by atoms with Gasteiger partial charge in [0.05, 0.1) is 12.1 Å². The van der Waals surface area contributed by atoms with E-state index in [0.29, 0.717) is 28.6 Å². The summed E-state index contributed by atoms with van der Waals surface area (Å²) in [5.74, 6) is 1.54. The van der Waals surface area contributed by atoms with Crippen molar-refractivity contribution in [3.8, 4) is 18.1 Å². The number of nitrogens with one attached hydrogen (secondary N) is 1. The van der Waals surface area contributed by atoms with Gasteiger partial charge in [0.25, 0.3) is 0 Å². The molecule has 0 saturated heterocycles. The lowest BCUT2D eigenvalue weighted by Crippen LogP contribution is -2.43. The first-order chi connectivity index (χ1) is 15.0. The van der Waals surface area contributed by atoms with E-state index in [0.717, 1.165) is 5.56 Å². The van der Waals surface area contributed by atoms with E-state index in [4.69, 9.17) is 22.8 Å². The van der Waals surface area contributed by atoms with Crippen molar-refractivity contribution in [1.29, 1.82) is 0 Å². The lowest BCUT2D eigenvalue weighted by atomic mass is 10.0. The maximum atomic E-state index is 13.3. The van der Waals surface area contributed by atoms with E-state index >= 15 is 0 Å². The number of ether oxygens (including phenoxy) is 1. The largest absolute Gasteiger partial charge is 0.495 e. The average molecular weight is 433 g/mol. The summed E-state index contributed by atoms with van der Waals surface area (Å²) in [7, 11) is 1.50. The minimum Gasteiger partial charge on any atom is -0.495 e. The predicted molar refractivity (Wildman–Crippen MR) is 122 cm³/mol. The Kier molecular flexibility index (Phi) is 7.31. The number of rotatable bonds is 7. The van der Waals surface area contributed by atoms with E-state index in [2.05, 4.69) is 11.2 Å². The van der Waals surface area contributed by atoms with Crippen LogP contribution in [0.5, 0.6) is 5.75 Å². The molecule has 1 unspecified atom stereocenters. The second-order valence-corrected chi connectivity index (χ2v) is 7.06. The minimum atomic E-state index is -0.988. The van der Waals surface area contributed by atoms with Crippen LogP contribution in [0.1, 0.15) is 17.2 Å². The summed E-state index contributed by atoms with van der Waals surface area (Å²) in [4.78, 5) is 27.4. The summed E-state index contributed by atoms with van der Waals surface area (Å²) in [5, 5.41) is 3.20. The van der Waals surface area contributed by atoms with Crippen LogP contribution in [-0.4, -0.2) is 18.9 Å². The highest BCUT2D eigenvalue weighted by atomic mass is 35.5. The first kappa shape index (κ1) is 21.9. The molecule has 2 amide bonds. The third-order valence-electron chi connectivity index (χ3n) is 4.69. The monoisotopic (exact) mass is 432 g/mol. The molecule has 0 radical (unpaired) electrons. The van der Waals surface area contributed by atoms with Crippen molar-refractivity contribution >= 4 is 29.1 Å². The average Bonchev–Trinajstić information content (AvgIpc) is 2.81. The second-order valence-electron chi connectivity index (χ2n) is 6.65. The zero-order valence-electron chi connectivity index (χ0n) is 16.9. The Labute approximate surface area is 186 Å². The Morgan fingerprint density at radius 2 is 1.71 bits per heavy atom. The molecule has 156 valence electrons. The predicted octanol–water partition coefficient (Wildman–Crippen LogP) is 4.37. The van der Waals surface area contributed by atoms with E-state index in [-0.39, 0.29) is 5.91 Å². The van der Waals surface area contributed by atoms with Gasteiger partial charge in [-0.1, -0.05) is 72.3 Å². The molecule has 0 heterocycles. The number of anilines is 1. The van der Waals surface area contributed by atoms with Crippen molar-refractivity contribution < 1.29 is 14.3 Å². The van der Waals surface area contributed by atoms with Crippen molar-refractivity contribution in [3.63, 3.8) is 0 Å². The standard InChI is InChI=1S/C25H21ClN2O3/c1-3-23(29)28(20-14-15-22(31-2)21(26)16-20)24(19-12-8-5-9-13-19)25(30)27-17-18-10-6-4-7-11-18/h1,4-16,24H,17H2,2H3,(H,27,30). The smallest absolute Gasteiger partial charge is 0.303 e. The van der Waals surface area contributed by atoms with Gasteiger partial charge in [-0.05, 0) is 35.2 Å². The molecule has 5 nitrogen and oxygen atoms in total. The first-order valence-electron chi connectivity index (χ1n) is 9.55. The molecule has 0 spiro atoms. The summed E-state index contributed by atoms with van der Waals surface area (Å²) in [6.45, 7) is 0.310. The Morgan fingerprint density at radius 1 is 1.06 bits per heavy atom. The lowest BCUT2D eigenvalue weighted by molar-refractivity contribution is -0.125. The number of benzene rings is 3.